The number of hydrogen-bond acceptors (Lipinski definition) is 3. The molecule has 19 heavy (non-hydrogen) atoms. The number of pyridine rings is 1. The maximum absolute atomic E-state index is 5.91. The first kappa shape index (κ1) is 14.3. The lowest BCUT2D eigenvalue weighted by atomic mass is 10.1. The maximum atomic E-state index is 5.91. The quantitative estimate of drug-likeness (QED) is 0.812. The highest BCUT2D eigenvalue weighted by atomic mass is 32.1. The molecule has 0 aromatic carbocycles. The number of nitrogens with zero attached hydrogens (tertiary/aromatic N) is 2. The van der Waals surface area contributed by atoms with Crippen LogP contribution in [0.2, 0.25) is 0 Å². The highest BCUT2D eigenvalue weighted by molar-refractivity contribution is 7.80. The van der Waals surface area contributed by atoms with Crippen molar-refractivity contribution in [1.29, 1.82) is 0 Å². The number of hydrogen-bond donors (Lipinski definition) is 1. The van der Waals surface area contributed by atoms with Gasteiger partial charge in [-0.3, -0.25) is 0 Å². The Morgan fingerprint density at radius 3 is 2.68 bits per heavy atom. The fourth-order valence-electron chi connectivity index (χ4n) is 2.52. The fraction of sp³-hybridized carbons (Fsp3) is 0.600. The van der Waals surface area contributed by atoms with Crippen molar-refractivity contribution in [3.8, 4) is 0 Å². The number of nitrogens with two attached hydrogens (primary N) is 1. The van der Waals surface area contributed by atoms with E-state index in [0.29, 0.717) is 4.99 Å². The Labute approximate surface area is 121 Å². The van der Waals surface area contributed by atoms with Crippen LogP contribution in [0.3, 0.4) is 0 Å². The van der Waals surface area contributed by atoms with E-state index in [9.17, 15) is 0 Å². The van der Waals surface area contributed by atoms with Gasteiger partial charge in [0.2, 0.25) is 0 Å². The Morgan fingerprint density at radius 1 is 1.47 bits per heavy atom. The third-order valence-electron chi connectivity index (χ3n) is 3.54. The molecule has 0 saturated heterocycles. The maximum Gasteiger partial charge on any atom is 0.139 e. The van der Waals surface area contributed by atoms with Crippen LogP contribution in [0.25, 0.3) is 0 Å². The molecule has 4 heteroatoms. The van der Waals surface area contributed by atoms with Gasteiger partial charge in [0.15, 0.2) is 0 Å². The standard InChI is InChI=1S/C15H23N3S/c1-4-7-18(9-12-5-6-12)15-13(14(16)19)10(2)8-11(3)17-15/h8,12H,4-7,9H2,1-3H3,(H2,16,19). The Kier molecular flexibility index (Phi) is 4.40. The summed E-state index contributed by atoms with van der Waals surface area (Å²) >= 11 is 5.22. The molecule has 1 fully saturated rings. The van der Waals surface area contributed by atoms with Crippen LogP contribution in [0.5, 0.6) is 0 Å². The summed E-state index contributed by atoms with van der Waals surface area (Å²) in [6.07, 6.45) is 3.79. The van der Waals surface area contributed by atoms with Crippen molar-refractivity contribution in [1.82, 2.24) is 4.98 Å². The molecule has 0 bridgehead atoms. The molecular weight excluding hydrogens is 254 g/mol. The molecule has 0 amide bonds. The molecule has 1 heterocycles. The van der Waals surface area contributed by atoms with Crippen LogP contribution in [0.4, 0.5) is 5.82 Å². The molecule has 1 aliphatic carbocycles. The van der Waals surface area contributed by atoms with E-state index in [4.69, 9.17) is 22.9 Å². The summed E-state index contributed by atoms with van der Waals surface area (Å²) in [6.45, 7) is 8.39. The van der Waals surface area contributed by atoms with Crippen LogP contribution >= 0.6 is 12.2 Å². The smallest absolute Gasteiger partial charge is 0.139 e. The normalized spacial score (nSPS) is 14.5. The Hall–Kier alpha value is -1.16. The lowest BCUT2D eigenvalue weighted by molar-refractivity contribution is 0.697. The molecule has 1 saturated carbocycles. The third-order valence-corrected chi connectivity index (χ3v) is 3.74. The first-order valence-corrected chi connectivity index (χ1v) is 7.46. The van der Waals surface area contributed by atoms with Gasteiger partial charge in [-0.2, -0.15) is 0 Å². The minimum atomic E-state index is 0.455. The van der Waals surface area contributed by atoms with Crippen molar-refractivity contribution in [2.75, 3.05) is 18.0 Å². The van der Waals surface area contributed by atoms with Crippen LogP contribution in [-0.4, -0.2) is 23.1 Å². The van der Waals surface area contributed by atoms with Gasteiger partial charge >= 0.3 is 0 Å². The second kappa shape index (κ2) is 5.87. The molecule has 0 spiro atoms. The topological polar surface area (TPSA) is 42.2 Å². The molecule has 1 aromatic rings. The number of anilines is 1. The third kappa shape index (κ3) is 3.44. The largest absolute Gasteiger partial charge is 0.389 e. The fourth-order valence-corrected chi connectivity index (χ4v) is 2.77. The predicted molar refractivity (Wildman–Crippen MR) is 84.8 cm³/mol. The van der Waals surface area contributed by atoms with Gasteiger partial charge in [-0.1, -0.05) is 19.1 Å². The molecule has 0 aliphatic heterocycles. The van der Waals surface area contributed by atoms with Crippen LogP contribution in [-0.2, 0) is 0 Å². The van der Waals surface area contributed by atoms with E-state index in [1.54, 1.807) is 0 Å². The lowest BCUT2D eigenvalue weighted by Crippen LogP contribution is -2.30. The second-order valence-electron chi connectivity index (χ2n) is 5.53. The summed E-state index contributed by atoms with van der Waals surface area (Å²) in [5.74, 6) is 1.81. The van der Waals surface area contributed by atoms with E-state index in [-0.39, 0.29) is 0 Å². The molecular formula is C15H23N3S. The van der Waals surface area contributed by atoms with Gasteiger partial charge < -0.3 is 10.6 Å². The molecule has 1 aromatic heterocycles. The zero-order valence-electron chi connectivity index (χ0n) is 12.1. The number of thiocarbonyl (C=S) groups is 1. The summed E-state index contributed by atoms with van der Waals surface area (Å²) in [6, 6.07) is 2.05. The average Bonchev–Trinajstić information content (AvgIpc) is 3.10. The van der Waals surface area contributed by atoms with E-state index in [1.165, 1.54) is 12.8 Å². The Morgan fingerprint density at radius 2 is 2.16 bits per heavy atom. The van der Waals surface area contributed by atoms with E-state index in [2.05, 4.69) is 24.8 Å². The summed E-state index contributed by atoms with van der Waals surface area (Å²) in [4.78, 5) is 7.54. The van der Waals surface area contributed by atoms with Gasteiger partial charge in [-0.25, -0.2) is 4.98 Å². The highest BCUT2D eigenvalue weighted by Gasteiger charge is 2.26. The minimum Gasteiger partial charge on any atom is -0.389 e. The van der Waals surface area contributed by atoms with Gasteiger partial charge in [0, 0.05) is 18.8 Å². The SMILES string of the molecule is CCCN(CC1CC1)c1nc(C)cc(C)c1C(N)=S. The Balaban J connectivity index is 2.40. The van der Waals surface area contributed by atoms with E-state index in [1.807, 2.05) is 6.92 Å². The molecule has 0 radical (unpaired) electrons. The molecule has 2 N–H and O–H groups in total. The van der Waals surface area contributed by atoms with Crippen molar-refractivity contribution < 1.29 is 0 Å². The molecule has 0 atom stereocenters. The van der Waals surface area contributed by atoms with Crippen LogP contribution < -0.4 is 10.6 Å². The molecule has 104 valence electrons. The van der Waals surface area contributed by atoms with Crippen LogP contribution in [0.15, 0.2) is 6.07 Å². The van der Waals surface area contributed by atoms with Crippen molar-refractivity contribution in [2.45, 2.75) is 40.0 Å². The van der Waals surface area contributed by atoms with E-state index in [0.717, 1.165) is 48.1 Å². The van der Waals surface area contributed by atoms with E-state index < -0.39 is 0 Å². The van der Waals surface area contributed by atoms with Crippen LogP contribution in [0, 0.1) is 19.8 Å². The Bertz CT molecular complexity index is 481. The number of aryl methyl sites for hydroxylation is 2. The van der Waals surface area contributed by atoms with Gasteiger partial charge in [0.05, 0.1) is 5.56 Å². The summed E-state index contributed by atoms with van der Waals surface area (Å²) in [5, 5.41) is 0. The second-order valence-corrected chi connectivity index (χ2v) is 5.97. The molecule has 3 nitrogen and oxygen atoms in total. The molecule has 0 unspecified atom stereocenters. The number of aromatic nitrogens is 1. The summed E-state index contributed by atoms with van der Waals surface area (Å²) in [7, 11) is 0. The van der Waals surface area contributed by atoms with Gasteiger partial charge in [-0.05, 0) is 50.7 Å². The van der Waals surface area contributed by atoms with Crippen LogP contribution in [0.1, 0.15) is 43.0 Å². The summed E-state index contributed by atoms with van der Waals surface area (Å²) in [5.41, 5.74) is 9.03. The van der Waals surface area contributed by atoms with Crippen molar-refractivity contribution >= 4 is 23.0 Å². The van der Waals surface area contributed by atoms with Crippen molar-refractivity contribution in [3.05, 3.63) is 22.9 Å². The van der Waals surface area contributed by atoms with Gasteiger partial charge in [-0.15, -0.1) is 0 Å². The lowest BCUT2D eigenvalue weighted by Gasteiger charge is -2.26. The predicted octanol–water partition coefficient (Wildman–Crippen LogP) is 2.96. The zero-order valence-corrected chi connectivity index (χ0v) is 12.9. The average molecular weight is 277 g/mol. The highest BCUT2D eigenvalue weighted by Crippen LogP contribution is 2.32. The van der Waals surface area contributed by atoms with Gasteiger partial charge in [0.1, 0.15) is 10.8 Å². The number of rotatable bonds is 6. The molecule has 1 aliphatic rings. The monoisotopic (exact) mass is 277 g/mol. The van der Waals surface area contributed by atoms with Crippen molar-refractivity contribution in [3.63, 3.8) is 0 Å². The van der Waals surface area contributed by atoms with Gasteiger partial charge in [0.25, 0.3) is 0 Å². The summed E-state index contributed by atoms with van der Waals surface area (Å²) < 4.78 is 0. The minimum absolute atomic E-state index is 0.455. The van der Waals surface area contributed by atoms with E-state index >= 15 is 0 Å². The molecule has 2 rings (SSSR count). The van der Waals surface area contributed by atoms with Crippen molar-refractivity contribution in [2.24, 2.45) is 11.7 Å². The first-order chi connectivity index (χ1) is 9.02. The zero-order chi connectivity index (χ0) is 14.0. The first-order valence-electron chi connectivity index (χ1n) is 7.06.